The molecule has 1 amide bonds. The Balaban J connectivity index is 1.39. The summed E-state index contributed by atoms with van der Waals surface area (Å²) in [5.74, 6) is 0.416. The van der Waals surface area contributed by atoms with Gasteiger partial charge in [0.05, 0.1) is 22.0 Å². The predicted octanol–water partition coefficient (Wildman–Crippen LogP) is 4.27. The van der Waals surface area contributed by atoms with E-state index in [0.717, 1.165) is 12.8 Å². The average Bonchev–Trinajstić information content (AvgIpc) is 3.08. The van der Waals surface area contributed by atoms with Crippen molar-refractivity contribution in [2.75, 3.05) is 27.9 Å². The highest BCUT2D eigenvalue weighted by Gasteiger charge is 2.56. The van der Waals surface area contributed by atoms with Gasteiger partial charge in [0.15, 0.2) is 10.9 Å². The largest absolute Gasteiger partial charge is 0.375 e. The van der Waals surface area contributed by atoms with E-state index < -0.39 is 16.4 Å². The first kappa shape index (κ1) is 22.0. The van der Waals surface area contributed by atoms with Crippen LogP contribution in [0.25, 0.3) is 21.8 Å². The summed E-state index contributed by atoms with van der Waals surface area (Å²) < 4.78 is 34.5. The van der Waals surface area contributed by atoms with Gasteiger partial charge < -0.3 is 16.4 Å². The number of hydrogen-bond donors (Lipinski definition) is 5. The van der Waals surface area contributed by atoms with Gasteiger partial charge in [-0.05, 0) is 31.0 Å². The fourth-order valence-corrected chi connectivity index (χ4v) is 7.86. The highest BCUT2D eigenvalue weighted by atomic mass is 32.3. The maximum absolute atomic E-state index is 15.1. The van der Waals surface area contributed by atoms with Crippen molar-refractivity contribution >= 4 is 44.6 Å². The lowest BCUT2D eigenvalue weighted by Crippen LogP contribution is -2.57. The summed E-state index contributed by atoms with van der Waals surface area (Å²) in [4.78, 5) is 25.2. The van der Waals surface area contributed by atoms with Crippen LogP contribution < -0.4 is 16.4 Å². The van der Waals surface area contributed by atoms with Crippen molar-refractivity contribution in [3.05, 3.63) is 36.3 Å². The minimum atomic E-state index is -2.36. The van der Waals surface area contributed by atoms with Crippen LogP contribution in [0, 0.1) is 11.2 Å². The first-order chi connectivity index (χ1) is 15.6. The summed E-state index contributed by atoms with van der Waals surface area (Å²) in [5, 5.41) is 6.05. The molecule has 174 valence electrons. The Morgan fingerprint density at radius 1 is 1.27 bits per heavy atom. The van der Waals surface area contributed by atoms with Crippen LogP contribution in [0.1, 0.15) is 19.8 Å². The minimum absolute atomic E-state index is 0.0316. The molecule has 0 unspecified atom stereocenters. The number of rotatable bonds is 5. The number of nitrogens with two attached hydrogens (primary N) is 1. The second-order valence-electron chi connectivity index (χ2n) is 8.68. The third-order valence-corrected chi connectivity index (χ3v) is 8.92. The molecule has 2 aromatic heterocycles. The van der Waals surface area contributed by atoms with Crippen molar-refractivity contribution < 1.29 is 18.3 Å². The van der Waals surface area contributed by atoms with Crippen molar-refractivity contribution in [2.24, 2.45) is 5.41 Å². The Morgan fingerprint density at radius 3 is 2.73 bits per heavy atom. The molecule has 6 N–H and O–H groups in total. The Bertz CT molecular complexity index is 1230. The lowest BCUT2D eigenvalue weighted by molar-refractivity contribution is -0.114. The number of hydrogen-bond acceptors (Lipinski definition) is 9. The van der Waals surface area contributed by atoms with Crippen LogP contribution in [-0.4, -0.2) is 47.5 Å². The maximum atomic E-state index is 15.1. The van der Waals surface area contributed by atoms with Crippen LogP contribution >= 0.6 is 21.9 Å². The fourth-order valence-electron chi connectivity index (χ4n) is 4.69. The van der Waals surface area contributed by atoms with E-state index in [1.54, 1.807) is 24.4 Å². The fraction of sp³-hybridized carbons (Fsp3) is 0.333. The zero-order chi connectivity index (χ0) is 23.4. The summed E-state index contributed by atoms with van der Waals surface area (Å²) in [5.41, 5.74) is 7.16. The number of nitrogens with one attached hydrogen (secondary N) is 2. The third-order valence-electron chi connectivity index (χ3n) is 5.86. The van der Waals surface area contributed by atoms with Gasteiger partial charge in [0.25, 0.3) is 0 Å². The molecule has 2 fully saturated rings. The Morgan fingerprint density at radius 2 is 2.03 bits per heavy atom. The van der Waals surface area contributed by atoms with Gasteiger partial charge in [-0.15, -0.1) is 0 Å². The molecule has 3 aromatic rings. The molecule has 9 nitrogen and oxygen atoms in total. The summed E-state index contributed by atoms with van der Waals surface area (Å²) in [6, 6.07) is 6.57. The number of carbonyl (C=O) groups is 1. The summed E-state index contributed by atoms with van der Waals surface area (Å²) in [7, 11) is -2.36. The predicted molar refractivity (Wildman–Crippen MR) is 129 cm³/mol. The first-order valence-corrected chi connectivity index (χ1v) is 13.0. The van der Waals surface area contributed by atoms with Crippen LogP contribution in [0.3, 0.4) is 0 Å². The summed E-state index contributed by atoms with van der Waals surface area (Å²) in [6.07, 6.45) is 3.30. The van der Waals surface area contributed by atoms with Gasteiger partial charge in [-0.25, -0.2) is 19.3 Å². The number of carbonyl (C=O) groups excluding carboxylic acids is 1. The normalized spacial score (nSPS) is 19.4. The average molecular weight is 491 g/mol. The van der Waals surface area contributed by atoms with Gasteiger partial charge in [0.2, 0.25) is 11.9 Å². The molecule has 1 saturated heterocycles. The second kappa shape index (κ2) is 7.90. The number of halogens is 1. The van der Waals surface area contributed by atoms with Gasteiger partial charge in [-0.2, -0.15) is 10.6 Å². The van der Waals surface area contributed by atoms with Gasteiger partial charge in [-0.1, -0.05) is 17.4 Å². The number of thiazole rings is 1. The number of amides is 1. The van der Waals surface area contributed by atoms with Crippen molar-refractivity contribution in [1.82, 2.24) is 15.0 Å². The maximum Gasteiger partial charge on any atom is 0.223 e. The standard InChI is InChI=1S/C21H23FN6O3S2/c1-11(29)25-14-4-2-3-13(16(14)22)17-18(32-19(23)28-17)15-5-6-24-20(27-15)26-12-7-21(8-12)9-33(30,31)10-21/h2-6,12,30-31H,7-10H2,1H3,(H2,23,28)(H,25,29)(H,24,26,27). The Kier molecular flexibility index (Phi) is 5.27. The molecule has 1 saturated carbocycles. The smallest absolute Gasteiger partial charge is 0.223 e. The molecule has 2 aliphatic rings. The zero-order valence-electron chi connectivity index (χ0n) is 17.7. The van der Waals surface area contributed by atoms with E-state index in [4.69, 9.17) is 5.73 Å². The van der Waals surface area contributed by atoms with E-state index in [2.05, 4.69) is 25.6 Å². The van der Waals surface area contributed by atoms with Crippen molar-refractivity contribution in [3.8, 4) is 21.8 Å². The van der Waals surface area contributed by atoms with Crippen LogP contribution in [-0.2, 0) is 4.79 Å². The summed E-state index contributed by atoms with van der Waals surface area (Å²) in [6.45, 7) is 1.31. The van der Waals surface area contributed by atoms with Crippen molar-refractivity contribution in [3.63, 3.8) is 0 Å². The molecular weight excluding hydrogens is 467 g/mol. The van der Waals surface area contributed by atoms with Gasteiger partial charge in [-0.3, -0.25) is 13.9 Å². The van der Waals surface area contributed by atoms with Crippen molar-refractivity contribution in [1.29, 1.82) is 0 Å². The second-order valence-corrected chi connectivity index (χ2v) is 11.9. The zero-order valence-corrected chi connectivity index (χ0v) is 19.3. The van der Waals surface area contributed by atoms with E-state index in [-0.39, 0.29) is 33.7 Å². The lowest BCUT2D eigenvalue weighted by Gasteiger charge is -2.63. The number of benzene rings is 1. The summed E-state index contributed by atoms with van der Waals surface area (Å²) >= 11 is 1.19. The van der Waals surface area contributed by atoms with Gasteiger partial charge in [0.1, 0.15) is 0 Å². The molecule has 5 rings (SSSR count). The highest BCUT2D eigenvalue weighted by molar-refractivity contribution is 8.25. The van der Waals surface area contributed by atoms with Gasteiger partial charge in [0, 0.05) is 41.6 Å². The van der Waals surface area contributed by atoms with Crippen molar-refractivity contribution in [2.45, 2.75) is 25.8 Å². The molecular formula is C21H23FN6O3S2. The number of nitrogen functional groups attached to an aromatic ring is 1. The van der Waals surface area contributed by atoms with Crippen LogP contribution in [0.5, 0.6) is 0 Å². The van der Waals surface area contributed by atoms with E-state index in [1.165, 1.54) is 24.3 Å². The molecule has 1 aliphatic carbocycles. The Labute approximate surface area is 195 Å². The SMILES string of the molecule is CC(=O)Nc1cccc(-c2nc(N)sc2-c2ccnc(NC3CC4(C3)CS(O)(O)C4)n2)c1F. The molecule has 33 heavy (non-hydrogen) atoms. The van der Waals surface area contributed by atoms with Crippen LogP contribution in [0.4, 0.5) is 21.2 Å². The molecule has 3 heterocycles. The lowest BCUT2D eigenvalue weighted by atomic mass is 9.67. The molecule has 1 aliphatic heterocycles. The van der Waals surface area contributed by atoms with E-state index in [0.29, 0.717) is 33.7 Å². The number of anilines is 3. The topological polar surface area (TPSA) is 146 Å². The van der Waals surface area contributed by atoms with Gasteiger partial charge >= 0.3 is 0 Å². The first-order valence-electron chi connectivity index (χ1n) is 10.3. The van der Waals surface area contributed by atoms with E-state index in [1.807, 2.05) is 0 Å². The monoisotopic (exact) mass is 490 g/mol. The van der Waals surface area contributed by atoms with E-state index in [9.17, 15) is 13.9 Å². The Hall–Kier alpha value is -2.80. The van der Waals surface area contributed by atoms with Crippen LogP contribution in [0.15, 0.2) is 30.5 Å². The van der Waals surface area contributed by atoms with Crippen LogP contribution in [0.2, 0.25) is 0 Å². The molecule has 0 atom stereocenters. The molecule has 0 bridgehead atoms. The number of aromatic nitrogens is 3. The third kappa shape index (κ3) is 4.26. The quantitative estimate of drug-likeness (QED) is 0.356. The molecule has 1 aromatic carbocycles. The highest BCUT2D eigenvalue weighted by Crippen LogP contribution is 2.66. The molecule has 12 heteroatoms. The number of nitrogens with zero attached hydrogens (tertiary/aromatic N) is 3. The van der Waals surface area contributed by atoms with E-state index >= 15 is 4.39 Å². The molecule has 1 spiro atoms. The molecule has 0 radical (unpaired) electrons. The minimum Gasteiger partial charge on any atom is -0.375 e.